The average molecular weight is 402 g/mol. The van der Waals surface area contributed by atoms with Crippen molar-refractivity contribution in [1.82, 2.24) is 19.3 Å². The first-order chi connectivity index (χ1) is 12.7. The van der Waals surface area contributed by atoms with Crippen molar-refractivity contribution < 1.29 is 0 Å². The first-order valence-corrected chi connectivity index (χ1v) is 8.92. The van der Waals surface area contributed by atoms with E-state index in [0.717, 1.165) is 39.4 Å². The minimum atomic E-state index is 0.660. The topological polar surface area (TPSA) is 59.4 Å². The van der Waals surface area contributed by atoms with Crippen LogP contribution in [0.2, 0.25) is 0 Å². The monoisotopic (exact) mass is 401 g/mol. The van der Waals surface area contributed by atoms with Gasteiger partial charge in [-0.1, -0.05) is 28.1 Å². The molecule has 0 N–H and O–H groups in total. The quantitative estimate of drug-likeness (QED) is 0.418. The Morgan fingerprint density at radius 1 is 1.04 bits per heavy atom. The predicted molar refractivity (Wildman–Crippen MR) is 102 cm³/mol. The van der Waals surface area contributed by atoms with E-state index in [1.807, 2.05) is 35.0 Å². The van der Waals surface area contributed by atoms with Crippen molar-refractivity contribution in [2.24, 2.45) is 0 Å². The maximum Gasteiger partial charge on any atom is 0.179 e. The third kappa shape index (κ3) is 2.29. The Bertz CT molecular complexity index is 1180. The van der Waals surface area contributed by atoms with E-state index in [1.54, 1.807) is 6.33 Å². The van der Waals surface area contributed by atoms with E-state index in [0.29, 0.717) is 5.56 Å². The molecule has 5 rings (SSSR count). The largest absolute Gasteiger partial charge is 0.340 e. The normalized spacial score (nSPS) is 11.8. The highest BCUT2D eigenvalue weighted by Crippen LogP contribution is 2.34. The summed E-state index contributed by atoms with van der Waals surface area (Å²) in [5, 5.41) is 13.4. The van der Waals surface area contributed by atoms with E-state index in [1.165, 1.54) is 5.56 Å². The molecule has 1 aliphatic rings. The maximum absolute atomic E-state index is 8.99. The summed E-state index contributed by atoms with van der Waals surface area (Å²) in [7, 11) is 0. The summed E-state index contributed by atoms with van der Waals surface area (Å²) in [4.78, 5) is 4.49. The first kappa shape index (κ1) is 15.1. The number of aromatic nitrogens is 4. The van der Waals surface area contributed by atoms with Crippen LogP contribution in [0.5, 0.6) is 0 Å². The van der Waals surface area contributed by atoms with Crippen LogP contribution in [-0.2, 0) is 6.54 Å². The van der Waals surface area contributed by atoms with Gasteiger partial charge in [0, 0.05) is 22.8 Å². The van der Waals surface area contributed by atoms with Crippen LogP contribution in [0, 0.1) is 11.3 Å². The van der Waals surface area contributed by atoms with Crippen LogP contribution in [0.25, 0.3) is 28.3 Å². The predicted octanol–water partition coefficient (Wildman–Crippen LogP) is 4.40. The lowest BCUT2D eigenvalue weighted by Crippen LogP contribution is -2.01. The van der Waals surface area contributed by atoms with Crippen molar-refractivity contribution >= 4 is 15.9 Å². The minimum absolute atomic E-state index is 0.660. The third-order valence-corrected chi connectivity index (χ3v) is 5.12. The van der Waals surface area contributed by atoms with Crippen molar-refractivity contribution in [1.29, 1.82) is 5.26 Å². The number of hydrogen-bond donors (Lipinski definition) is 0. The molecule has 0 atom stereocenters. The molecule has 2 aromatic carbocycles. The van der Waals surface area contributed by atoms with E-state index in [4.69, 9.17) is 5.26 Å². The van der Waals surface area contributed by atoms with Crippen molar-refractivity contribution in [3.05, 3.63) is 76.7 Å². The number of nitrogens with zero attached hydrogens (tertiary/aromatic N) is 5. The molecule has 4 aromatic rings. The Balaban J connectivity index is 1.68. The van der Waals surface area contributed by atoms with Gasteiger partial charge in [0.2, 0.25) is 0 Å². The lowest BCUT2D eigenvalue weighted by Gasteiger charge is -2.08. The molecule has 0 radical (unpaired) electrons. The molecule has 124 valence electrons. The van der Waals surface area contributed by atoms with Gasteiger partial charge in [-0.15, -0.1) is 0 Å². The molecule has 0 unspecified atom stereocenters. The van der Waals surface area contributed by atoms with Crippen LogP contribution in [0.1, 0.15) is 11.1 Å². The maximum atomic E-state index is 8.99. The highest BCUT2D eigenvalue weighted by atomic mass is 79.9. The van der Waals surface area contributed by atoms with E-state index < -0.39 is 0 Å². The number of nitriles is 1. The van der Waals surface area contributed by atoms with Gasteiger partial charge in [0.15, 0.2) is 5.82 Å². The number of benzene rings is 2. The summed E-state index contributed by atoms with van der Waals surface area (Å²) >= 11 is 3.56. The summed E-state index contributed by atoms with van der Waals surface area (Å²) in [5.41, 5.74) is 6.07. The Kier molecular flexibility index (Phi) is 3.30. The van der Waals surface area contributed by atoms with Gasteiger partial charge in [0.25, 0.3) is 0 Å². The second-order valence-corrected chi connectivity index (χ2v) is 7.12. The molecule has 0 amide bonds. The Hall–Kier alpha value is -3.17. The van der Waals surface area contributed by atoms with Gasteiger partial charge in [0.1, 0.15) is 6.33 Å². The van der Waals surface area contributed by atoms with Crippen LogP contribution in [0.3, 0.4) is 0 Å². The zero-order chi connectivity index (χ0) is 17.7. The van der Waals surface area contributed by atoms with E-state index in [9.17, 15) is 0 Å². The summed E-state index contributed by atoms with van der Waals surface area (Å²) in [5.74, 6) is 0.825. The molecule has 0 saturated heterocycles. The fourth-order valence-electron chi connectivity index (χ4n) is 3.39. The van der Waals surface area contributed by atoms with E-state index in [-0.39, 0.29) is 0 Å². The first-order valence-electron chi connectivity index (χ1n) is 8.13. The van der Waals surface area contributed by atoms with Crippen LogP contribution in [0.15, 0.2) is 65.5 Å². The molecule has 6 heteroatoms. The molecule has 2 aromatic heterocycles. The molecule has 1 aliphatic heterocycles. The van der Waals surface area contributed by atoms with Crippen LogP contribution >= 0.6 is 15.9 Å². The van der Waals surface area contributed by atoms with Crippen LogP contribution in [-0.4, -0.2) is 19.3 Å². The number of fused-ring (bicyclic) bond motifs is 5. The fourth-order valence-corrected chi connectivity index (χ4v) is 3.80. The highest BCUT2D eigenvalue weighted by molar-refractivity contribution is 9.10. The molecule has 0 bridgehead atoms. The molecule has 26 heavy (non-hydrogen) atoms. The zero-order valence-corrected chi connectivity index (χ0v) is 15.2. The van der Waals surface area contributed by atoms with Crippen LogP contribution in [0.4, 0.5) is 0 Å². The van der Waals surface area contributed by atoms with Crippen molar-refractivity contribution in [2.45, 2.75) is 6.54 Å². The minimum Gasteiger partial charge on any atom is -0.340 e. The Morgan fingerprint density at radius 3 is 2.69 bits per heavy atom. The number of halogens is 1. The summed E-state index contributed by atoms with van der Waals surface area (Å²) in [6, 6.07) is 18.1. The number of hydrogen-bond acceptors (Lipinski definition) is 3. The fraction of sp³-hybridized carbons (Fsp3) is 0.0500. The van der Waals surface area contributed by atoms with Gasteiger partial charge in [-0.2, -0.15) is 10.4 Å². The number of rotatable bonds is 1. The Morgan fingerprint density at radius 2 is 1.88 bits per heavy atom. The van der Waals surface area contributed by atoms with Gasteiger partial charge in [-0.3, -0.25) is 0 Å². The van der Waals surface area contributed by atoms with Gasteiger partial charge in [-0.25, -0.2) is 9.67 Å². The lowest BCUT2D eigenvalue weighted by molar-refractivity contribution is 0.816. The third-order valence-electron chi connectivity index (χ3n) is 4.63. The standard InChI is InChI=1S/C20H12BrN5/c21-17-5-6-18-16(7-17)11-25-10-15(14-3-1-13(9-22)2-4-14)8-19(25)20-23-12-24-26(18)20/h1-8,10,12H,11H2. The summed E-state index contributed by atoms with van der Waals surface area (Å²) in [6.07, 6.45) is 3.72. The van der Waals surface area contributed by atoms with Crippen molar-refractivity contribution in [3.63, 3.8) is 0 Å². The molecular weight excluding hydrogens is 390 g/mol. The van der Waals surface area contributed by atoms with E-state index in [2.05, 4.69) is 61.0 Å². The van der Waals surface area contributed by atoms with Gasteiger partial charge in [-0.05, 0) is 47.5 Å². The average Bonchev–Trinajstić information content (AvgIpc) is 3.27. The molecule has 0 aliphatic carbocycles. The SMILES string of the molecule is N#Cc1ccc(-c2cc3n(c2)Cc2cc(Br)ccc2-n2ncnc2-3)cc1. The van der Waals surface area contributed by atoms with Gasteiger partial charge < -0.3 is 4.57 Å². The molecular formula is C20H12BrN5. The zero-order valence-electron chi connectivity index (χ0n) is 13.6. The molecule has 0 fully saturated rings. The summed E-state index contributed by atoms with van der Waals surface area (Å²) in [6.45, 7) is 0.741. The van der Waals surface area contributed by atoms with Gasteiger partial charge in [0.05, 0.1) is 23.0 Å². The van der Waals surface area contributed by atoms with Crippen molar-refractivity contribution in [2.75, 3.05) is 0 Å². The van der Waals surface area contributed by atoms with Crippen LogP contribution < -0.4 is 0 Å². The van der Waals surface area contributed by atoms with E-state index >= 15 is 0 Å². The Labute approximate surface area is 158 Å². The van der Waals surface area contributed by atoms with Gasteiger partial charge >= 0.3 is 0 Å². The molecule has 0 saturated carbocycles. The smallest absolute Gasteiger partial charge is 0.179 e. The second-order valence-electron chi connectivity index (χ2n) is 6.20. The molecule has 0 spiro atoms. The molecule has 3 heterocycles. The highest BCUT2D eigenvalue weighted by Gasteiger charge is 2.22. The molecule has 5 nitrogen and oxygen atoms in total. The second kappa shape index (κ2) is 5.68. The van der Waals surface area contributed by atoms with Crippen molar-refractivity contribution in [3.8, 4) is 34.4 Å². The lowest BCUT2D eigenvalue weighted by atomic mass is 10.1. The summed E-state index contributed by atoms with van der Waals surface area (Å²) < 4.78 is 5.14.